The van der Waals surface area contributed by atoms with Crippen molar-refractivity contribution in [1.29, 1.82) is 0 Å². The molecule has 0 amide bonds. The Kier molecular flexibility index (Phi) is 2.37. The van der Waals surface area contributed by atoms with E-state index in [0.717, 1.165) is 19.7 Å². The molecule has 0 aromatic heterocycles. The van der Waals surface area contributed by atoms with Crippen LogP contribution in [0.4, 0.5) is 0 Å². The Bertz CT molecular complexity index is 174. The number of morpholine rings is 1. The van der Waals surface area contributed by atoms with E-state index in [1.807, 2.05) is 0 Å². The normalized spacial score (nSPS) is 39.2. The third kappa shape index (κ3) is 1.50. The van der Waals surface area contributed by atoms with Crippen molar-refractivity contribution in [2.75, 3.05) is 19.7 Å². The van der Waals surface area contributed by atoms with Gasteiger partial charge in [0.05, 0.1) is 12.2 Å². The lowest BCUT2D eigenvalue weighted by molar-refractivity contribution is -0.158. The predicted molar refractivity (Wildman–Crippen MR) is 53.8 cm³/mol. The van der Waals surface area contributed by atoms with Gasteiger partial charge in [-0.05, 0) is 18.3 Å². The molecule has 1 atom stereocenters. The first-order valence-electron chi connectivity index (χ1n) is 5.51. The molecule has 1 unspecified atom stereocenters. The summed E-state index contributed by atoms with van der Waals surface area (Å²) < 4.78 is 6.06. The maximum absolute atomic E-state index is 6.06. The molecule has 1 spiro atoms. The molecule has 0 aromatic rings. The SMILES string of the molecule is CC1(C)CCCCC12CNCCO2. The Balaban J connectivity index is 2.16. The van der Waals surface area contributed by atoms with Gasteiger partial charge in [-0.25, -0.2) is 0 Å². The average Bonchev–Trinajstić information content (AvgIpc) is 2.12. The molecule has 0 aromatic carbocycles. The first-order chi connectivity index (χ1) is 6.16. The number of hydrogen-bond acceptors (Lipinski definition) is 2. The second-order valence-electron chi connectivity index (χ2n) is 5.11. The van der Waals surface area contributed by atoms with Gasteiger partial charge in [-0.2, -0.15) is 0 Å². The van der Waals surface area contributed by atoms with Crippen molar-refractivity contribution in [2.24, 2.45) is 5.41 Å². The molecule has 76 valence electrons. The van der Waals surface area contributed by atoms with Crippen molar-refractivity contribution < 1.29 is 4.74 Å². The fourth-order valence-electron chi connectivity index (χ4n) is 2.80. The van der Waals surface area contributed by atoms with Crippen molar-refractivity contribution in [3.63, 3.8) is 0 Å². The molecule has 0 radical (unpaired) electrons. The van der Waals surface area contributed by atoms with Crippen LogP contribution in [0.15, 0.2) is 0 Å². The van der Waals surface area contributed by atoms with Crippen LogP contribution in [0.25, 0.3) is 0 Å². The van der Waals surface area contributed by atoms with Crippen LogP contribution >= 0.6 is 0 Å². The number of nitrogens with one attached hydrogen (secondary N) is 1. The van der Waals surface area contributed by atoms with Gasteiger partial charge >= 0.3 is 0 Å². The highest BCUT2D eigenvalue weighted by Crippen LogP contribution is 2.46. The Labute approximate surface area is 81.0 Å². The van der Waals surface area contributed by atoms with E-state index < -0.39 is 0 Å². The second kappa shape index (κ2) is 3.25. The molecule has 1 aliphatic heterocycles. The van der Waals surface area contributed by atoms with Gasteiger partial charge in [-0.3, -0.25) is 0 Å². The van der Waals surface area contributed by atoms with Crippen molar-refractivity contribution in [1.82, 2.24) is 5.32 Å². The predicted octanol–water partition coefficient (Wildman–Crippen LogP) is 1.95. The Hall–Kier alpha value is -0.0800. The zero-order valence-electron chi connectivity index (χ0n) is 8.86. The Morgan fingerprint density at radius 1 is 1.15 bits per heavy atom. The lowest BCUT2D eigenvalue weighted by atomic mass is 9.65. The molecule has 2 fully saturated rings. The lowest BCUT2D eigenvalue weighted by Gasteiger charge is -2.52. The zero-order valence-corrected chi connectivity index (χ0v) is 8.86. The Morgan fingerprint density at radius 3 is 2.54 bits per heavy atom. The van der Waals surface area contributed by atoms with E-state index >= 15 is 0 Å². The van der Waals surface area contributed by atoms with Crippen LogP contribution < -0.4 is 5.32 Å². The maximum atomic E-state index is 6.06. The summed E-state index contributed by atoms with van der Waals surface area (Å²) in [5, 5.41) is 3.48. The number of rotatable bonds is 0. The van der Waals surface area contributed by atoms with Gasteiger partial charge in [-0.15, -0.1) is 0 Å². The van der Waals surface area contributed by atoms with E-state index in [1.54, 1.807) is 0 Å². The third-order valence-corrected chi connectivity index (χ3v) is 3.93. The first kappa shape index (κ1) is 9.47. The van der Waals surface area contributed by atoms with Gasteiger partial charge in [0.2, 0.25) is 0 Å². The minimum absolute atomic E-state index is 0.142. The van der Waals surface area contributed by atoms with Gasteiger partial charge in [-0.1, -0.05) is 26.7 Å². The molecule has 2 heteroatoms. The summed E-state index contributed by atoms with van der Waals surface area (Å²) in [5.41, 5.74) is 0.502. The van der Waals surface area contributed by atoms with E-state index in [-0.39, 0.29) is 5.60 Å². The highest BCUT2D eigenvalue weighted by Gasteiger charge is 2.48. The van der Waals surface area contributed by atoms with Crippen LogP contribution in [0.2, 0.25) is 0 Å². The van der Waals surface area contributed by atoms with Crippen molar-refractivity contribution in [2.45, 2.75) is 45.1 Å². The number of ether oxygens (including phenoxy) is 1. The summed E-state index contributed by atoms with van der Waals surface area (Å²) in [7, 11) is 0. The monoisotopic (exact) mass is 183 g/mol. The zero-order chi connectivity index (χ0) is 9.36. The van der Waals surface area contributed by atoms with Crippen molar-refractivity contribution >= 4 is 0 Å². The molecule has 13 heavy (non-hydrogen) atoms. The van der Waals surface area contributed by atoms with E-state index in [9.17, 15) is 0 Å². The molecular formula is C11H21NO. The fraction of sp³-hybridized carbons (Fsp3) is 1.00. The Morgan fingerprint density at radius 2 is 1.92 bits per heavy atom. The third-order valence-electron chi connectivity index (χ3n) is 3.93. The summed E-state index contributed by atoms with van der Waals surface area (Å²) in [4.78, 5) is 0. The molecular weight excluding hydrogens is 162 g/mol. The van der Waals surface area contributed by atoms with Crippen LogP contribution in [0.5, 0.6) is 0 Å². The van der Waals surface area contributed by atoms with Gasteiger partial charge in [0.1, 0.15) is 0 Å². The molecule has 1 heterocycles. The lowest BCUT2D eigenvalue weighted by Crippen LogP contribution is -2.59. The van der Waals surface area contributed by atoms with Crippen LogP contribution in [-0.2, 0) is 4.74 Å². The summed E-state index contributed by atoms with van der Waals surface area (Å²) >= 11 is 0. The summed E-state index contributed by atoms with van der Waals surface area (Å²) in [6.45, 7) is 7.69. The molecule has 0 bridgehead atoms. The highest BCUT2D eigenvalue weighted by atomic mass is 16.5. The van der Waals surface area contributed by atoms with E-state index in [2.05, 4.69) is 19.2 Å². The smallest absolute Gasteiger partial charge is 0.0857 e. The quantitative estimate of drug-likeness (QED) is 0.619. The largest absolute Gasteiger partial charge is 0.372 e. The summed E-state index contributed by atoms with van der Waals surface area (Å²) in [5.74, 6) is 0. The first-order valence-corrected chi connectivity index (χ1v) is 5.51. The molecule has 1 N–H and O–H groups in total. The van der Waals surface area contributed by atoms with Crippen LogP contribution in [-0.4, -0.2) is 25.3 Å². The van der Waals surface area contributed by atoms with E-state index in [0.29, 0.717) is 5.41 Å². The van der Waals surface area contributed by atoms with E-state index in [1.165, 1.54) is 25.7 Å². The van der Waals surface area contributed by atoms with Crippen LogP contribution in [0.1, 0.15) is 39.5 Å². The standard InChI is InChI=1S/C11H21NO/c1-10(2)5-3-4-6-11(10)9-12-7-8-13-11/h12H,3-9H2,1-2H3. The molecule has 1 saturated carbocycles. The van der Waals surface area contributed by atoms with Gasteiger partial charge in [0.15, 0.2) is 0 Å². The van der Waals surface area contributed by atoms with E-state index in [4.69, 9.17) is 4.74 Å². The van der Waals surface area contributed by atoms with Crippen molar-refractivity contribution in [3.8, 4) is 0 Å². The minimum Gasteiger partial charge on any atom is -0.372 e. The summed E-state index contributed by atoms with van der Waals surface area (Å²) in [6.07, 6.45) is 5.27. The highest BCUT2D eigenvalue weighted by molar-refractivity contribution is 5.00. The fourth-order valence-corrected chi connectivity index (χ4v) is 2.80. The number of hydrogen-bond donors (Lipinski definition) is 1. The molecule has 1 saturated heterocycles. The van der Waals surface area contributed by atoms with Gasteiger partial charge in [0, 0.05) is 13.1 Å². The molecule has 2 aliphatic rings. The molecule has 1 aliphatic carbocycles. The maximum Gasteiger partial charge on any atom is 0.0857 e. The van der Waals surface area contributed by atoms with Gasteiger partial charge in [0.25, 0.3) is 0 Å². The summed E-state index contributed by atoms with van der Waals surface area (Å²) in [6, 6.07) is 0. The molecule has 2 nitrogen and oxygen atoms in total. The van der Waals surface area contributed by atoms with Crippen LogP contribution in [0, 0.1) is 5.41 Å². The average molecular weight is 183 g/mol. The van der Waals surface area contributed by atoms with Crippen molar-refractivity contribution in [3.05, 3.63) is 0 Å². The molecule has 2 rings (SSSR count). The van der Waals surface area contributed by atoms with Gasteiger partial charge < -0.3 is 10.1 Å². The topological polar surface area (TPSA) is 21.3 Å². The van der Waals surface area contributed by atoms with Crippen LogP contribution in [0.3, 0.4) is 0 Å². The minimum atomic E-state index is 0.142. The second-order valence-corrected chi connectivity index (χ2v) is 5.11.